The van der Waals surface area contributed by atoms with Crippen molar-refractivity contribution >= 4 is 11.9 Å². The molecule has 0 heterocycles. The molecule has 4 aromatic rings. The van der Waals surface area contributed by atoms with Crippen molar-refractivity contribution in [2.24, 2.45) is 11.5 Å². The Kier molecular flexibility index (Phi) is 10.6. The summed E-state index contributed by atoms with van der Waals surface area (Å²) < 4.78 is 50.3. The molecule has 0 aliphatic carbocycles. The fraction of sp³-hybridized carbons (Fsp3) is 0.188. The Labute approximate surface area is 241 Å². The Morgan fingerprint density at radius 1 is 0.548 bits per heavy atom. The third-order valence-electron chi connectivity index (χ3n) is 6.13. The van der Waals surface area contributed by atoms with Gasteiger partial charge in [-0.2, -0.15) is 0 Å². The van der Waals surface area contributed by atoms with Crippen LogP contribution in [0.5, 0.6) is 11.5 Å². The number of para-hydroxylation sites is 2. The summed E-state index contributed by atoms with van der Waals surface area (Å²) in [4.78, 5) is 25.0. The van der Waals surface area contributed by atoms with Gasteiger partial charge >= 0.3 is 11.9 Å². The van der Waals surface area contributed by atoms with E-state index in [2.05, 4.69) is 0 Å². The van der Waals surface area contributed by atoms with E-state index >= 15 is 0 Å². The van der Waals surface area contributed by atoms with Gasteiger partial charge in [-0.1, -0.05) is 84.9 Å². The van der Waals surface area contributed by atoms with Crippen LogP contribution >= 0.6 is 0 Å². The highest BCUT2D eigenvalue weighted by Gasteiger charge is 2.28. The molecule has 42 heavy (non-hydrogen) atoms. The summed E-state index contributed by atoms with van der Waals surface area (Å²) in [6.45, 7) is 0. The Balaban J connectivity index is 1.36. The third-order valence-corrected chi connectivity index (χ3v) is 6.13. The molecule has 0 aliphatic heterocycles. The van der Waals surface area contributed by atoms with E-state index < -0.39 is 48.2 Å². The van der Waals surface area contributed by atoms with Gasteiger partial charge in [-0.25, -0.2) is 18.4 Å². The summed E-state index contributed by atoms with van der Waals surface area (Å²) in [5.74, 6) is -3.92. The highest BCUT2D eigenvalue weighted by Crippen LogP contribution is 2.29. The Morgan fingerprint density at radius 3 is 1.24 bits per heavy atom. The average molecular weight is 577 g/mol. The molecule has 0 spiro atoms. The number of esters is 2. The number of ether oxygens (including phenoxy) is 4. The monoisotopic (exact) mass is 576 g/mol. The second-order valence-corrected chi connectivity index (χ2v) is 9.25. The van der Waals surface area contributed by atoms with Gasteiger partial charge in [0.15, 0.2) is 35.6 Å². The molecular weight excluding hydrogens is 546 g/mol. The van der Waals surface area contributed by atoms with E-state index in [0.29, 0.717) is 11.1 Å². The van der Waals surface area contributed by atoms with E-state index in [1.807, 2.05) is 0 Å². The van der Waals surface area contributed by atoms with Crippen LogP contribution < -0.4 is 20.9 Å². The van der Waals surface area contributed by atoms with Crippen LogP contribution in [-0.2, 0) is 19.1 Å². The van der Waals surface area contributed by atoms with Crippen LogP contribution in [-0.4, -0.2) is 24.4 Å². The first-order valence-electron chi connectivity index (χ1n) is 13.1. The van der Waals surface area contributed by atoms with Crippen LogP contribution in [0, 0.1) is 11.6 Å². The zero-order valence-electron chi connectivity index (χ0n) is 22.5. The van der Waals surface area contributed by atoms with Gasteiger partial charge in [-0.3, -0.25) is 11.5 Å². The van der Waals surface area contributed by atoms with Crippen molar-refractivity contribution in [1.29, 1.82) is 0 Å². The summed E-state index contributed by atoms with van der Waals surface area (Å²) in [5.41, 5.74) is 13.3. The lowest BCUT2D eigenvalue weighted by Crippen LogP contribution is -2.37. The highest BCUT2D eigenvalue weighted by molar-refractivity contribution is 6.29. The normalized spacial score (nSPS) is 13.7. The molecule has 0 saturated carbocycles. The number of hydrogen-bond donors (Lipinski definition) is 2. The van der Waals surface area contributed by atoms with Gasteiger partial charge in [0.1, 0.15) is 12.2 Å². The number of rotatable bonds is 12. The van der Waals surface area contributed by atoms with Gasteiger partial charge < -0.3 is 18.9 Å². The maximum absolute atomic E-state index is 14.2. The standard InChI is InChI=1S/C32H30F2N2O6/c33-23-15-7-9-17-25(23)39-27(21-11-3-1-4-12-21)19-29(35)41-31(37)32(38)42-30(36)20-28(22-13-5-2-6-14-22)40-26-18-10-8-16-24(26)34/h1-18,27-30H,19-20,35-36H2. The fourth-order valence-electron chi connectivity index (χ4n) is 4.12. The SMILES string of the molecule is NC(CC(Oc1ccccc1F)c1ccccc1)OC(=O)C(=O)OC(N)CC(Oc1ccccc1F)c1ccccc1. The molecule has 0 amide bonds. The second-order valence-electron chi connectivity index (χ2n) is 9.25. The van der Waals surface area contributed by atoms with Crippen LogP contribution in [0.1, 0.15) is 36.2 Å². The quantitative estimate of drug-likeness (QED) is 0.132. The smallest absolute Gasteiger partial charge is 0.419 e. The van der Waals surface area contributed by atoms with Crippen LogP contribution in [0.25, 0.3) is 0 Å². The van der Waals surface area contributed by atoms with Crippen molar-refractivity contribution in [3.05, 3.63) is 132 Å². The van der Waals surface area contributed by atoms with Crippen molar-refractivity contribution in [3.8, 4) is 11.5 Å². The number of halogens is 2. The first kappa shape index (κ1) is 30.2. The average Bonchev–Trinajstić information content (AvgIpc) is 2.99. The number of carbonyl (C=O) groups excluding carboxylic acids is 2. The van der Waals surface area contributed by atoms with Crippen molar-refractivity contribution < 1.29 is 37.3 Å². The number of benzene rings is 4. The molecule has 0 bridgehead atoms. The molecule has 8 nitrogen and oxygen atoms in total. The summed E-state index contributed by atoms with van der Waals surface area (Å²) >= 11 is 0. The van der Waals surface area contributed by atoms with E-state index in [1.165, 1.54) is 36.4 Å². The molecule has 218 valence electrons. The van der Waals surface area contributed by atoms with Gasteiger partial charge in [0.25, 0.3) is 0 Å². The molecule has 0 radical (unpaired) electrons. The molecule has 4 N–H and O–H groups in total. The lowest BCUT2D eigenvalue weighted by atomic mass is 10.1. The fourth-order valence-corrected chi connectivity index (χ4v) is 4.12. The maximum atomic E-state index is 14.2. The molecule has 0 fully saturated rings. The number of hydrogen-bond acceptors (Lipinski definition) is 8. The van der Waals surface area contributed by atoms with Crippen LogP contribution in [0.15, 0.2) is 109 Å². The highest BCUT2D eigenvalue weighted by atomic mass is 19.1. The zero-order valence-corrected chi connectivity index (χ0v) is 22.5. The van der Waals surface area contributed by atoms with Crippen molar-refractivity contribution in [2.75, 3.05) is 0 Å². The summed E-state index contributed by atoms with van der Waals surface area (Å²) in [6, 6.07) is 29.4. The first-order valence-corrected chi connectivity index (χ1v) is 13.1. The second kappa shape index (κ2) is 14.7. The largest absolute Gasteiger partial charge is 0.482 e. The predicted molar refractivity (Wildman–Crippen MR) is 150 cm³/mol. The summed E-state index contributed by atoms with van der Waals surface area (Å²) in [7, 11) is 0. The van der Waals surface area contributed by atoms with Gasteiger partial charge in [-0.05, 0) is 35.4 Å². The van der Waals surface area contributed by atoms with Gasteiger partial charge in [0, 0.05) is 12.8 Å². The molecule has 10 heteroatoms. The molecule has 0 saturated heterocycles. The minimum atomic E-state index is -1.37. The molecule has 4 unspecified atom stereocenters. The third kappa shape index (κ3) is 8.60. The van der Waals surface area contributed by atoms with E-state index in [1.54, 1.807) is 72.8 Å². The molecule has 4 rings (SSSR count). The molecule has 0 aromatic heterocycles. The van der Waals surface area contributed by atoms with Crippen LogP contribution in [0.2, 0.25) is 0 Å². The Hall–Kier alpha value is -4.80. The van der Waals surface area contributed by atoms with Gasteiger partial charge in [0.05, 0.1) is 0 Å². The molecule has 4 atom stereocenters. The Morgan fingerprint density at radius 2 is 0.881 bits per heavy atom. The van der Waals surface area contributed by atoms with E-state index in [4.69, 9.17) is 30.4 Å². The van der Waals surface area contributed by atoms with Gasteiger partial charge in [-0.15, -0.1) is 0 Å². The van der Waals surface area contributed by atoms with Crippen molar-refractivity contribution in [2.45, 2.75) is 37.5 Å². The molecular formula is C32H30F2N2O6. The molecule has 4 aromatic carbocycles. The lowest BCUT2D eigenvalue weighted by molar-refractivity contribution is -0.175. The minimum absolute atomic E-state index is 0.0131. The number of carbonyl (C=O) groups is 2. The van der Waals surface area contributed by atoms with Crippen molar-refractivity contribution in [1.82, 2.24) is 0 Å². The van der Waals surface area contributed by atoms with E-state index in [-0.39, 0.29) is 24.3 Å². The number of nitrogens with two attached hydrogens (primary N) is 2. The molecule has 0 aliphatic rings. The zero-order chi connectivity index (χ0) is 29.9. The Bertz CT molecular complexity index is 1350. The van der Waals surface area contributed by atoms with E-state index in [9.17, 15) is 18.4 Å². The van der Waals surface area contributed by atoms with Gasteiger partial charge in [0.2, 0.25) is 0 Å². The summed E-state index contributed by atoms with van der Waals surface area (Å²) in [5, 5.41) is 0. The van der Waals surface area contributed by atoms with Crippen LogP contribution in [0.4, 0.5) is 8.78 Å². The van der Waals surface area contributed by atoms with E-state index in [0.717, 1.165) is 0 Å². The minimum Gasteiger partial charge on any atom is -0.482 e. The predicted octanol–water partition coefficient (Wildman–Crippen LogP) is 5.34. The topological polar surface area (TPSA) is 123 Å². The first-order chi connectivity index (χ1) is 20.3. The maximum Gasteiger partial charge on any atom is 0.419 e. The van der Waals surface area contributed by atoms with Crippen LogP contribution in [0.3, 0.4) is 0 Å². The van der Waals surface area contributed by atoms with Crippen molar-refractivity contribution in [3.63, 3.8) is 0 Å². The lowest BCUT2D eigenvalue weighted by Gasteiger charge is -2.24. The summed E-state index contributed by atoms with van der Waals surface area (Å²) in [6.07, 6.45) is -4.41.